The van der Waals surface area contributed by atoms with Crippen LogP contribution in [0.25, 0.3) is 22.2 Å². The molecule has 3 aromatic carbocycles. The summed E-state index contributed by atoms with van der Waals surface area (Å²) in [5, 5.41) is 5.31. The molecule has 0 saturated carbocycles. The third kappa shape index (κ3) is 3.01. The van der Waals surface area contributed by atoms with E-state index in [9.17, 15) is 12.8 Å². The van der Waals surface area contributed by atoms with Crippen molar-refractivity contribution in [2.45, 2.75) is 11.8 Å². The summed E-state index contributed by atoms with van der Waals surface area (Å²) in [7, 11) is -4.16. The second kappa shape index (κ2) is 7.05. The van der Waals surface area contributed by atoms with E-state index in [0.717, 1.165) is 9.47 Å². The number of nitrogens with zero attached hydrogens (tertiary/aromatic N) is 3. The van der Waals surface area contributed by atoms with Gasteiger partial charge in [0.15, 0.2) is 5.82 Å². The Morgan fingerprint density at radius 2 is 1.71 bits per heavy atom. The number of rotatable bonds is 5. The summed E-state index contributed by atoms with van der Waals surface area (Å²) in [5.74, 6) is -0.748. The molecule has 4 aromatic rings. The summed E-state index contributed by atoms with van der Waals surface area (Å²) in [4.78, 5) is 4.17. The van der Waals surface area contributed by atoms with Crippen molar-refractivity contribution in [3.63, 3.8) is 0 Å². The minimum Gasteiger partial charge on any atom is -0.463 e. The minimum atomic E-state index is -4.16. The third-order valence-corrected chi connectivity index (χ3v) is 5.82. The van der Waals surface area contributed by atoms with E-state index < -0.39 is 15.8 Å². The van der Waals surface area contributed by atoms with Crippen molar-refractivity contribution < 1.29 is 17.5 Å². The van der Waals surface area contributed by atoms with Crippen LogP contribution in [0.4, 0.5) is 4.39 Å². The van der Waals surface area contributed by atoms with Gasteiger partial charge in [0, 0.05) is 5.39 Å². The van der Waals surface area contributed by atoms with E-state index in [4.69, 9.17) is 4.74 Å². The number of ether oxygens (including phenoxy) is 1. The van der Waals surface area contributed by atoms with Crippen LogP contribution in [0.3, 0.4) is 0 Å². The summed E-state index contributed by atoms with van der Waals surface area (Å²) >= 11 is 0. The highest BCUT2D eigenvalue weighted by atomic mass is 32.2. The topological polar surface area (TPSA) is 74.1 Å². The number of hydrogen-bond acceptors (Lipinski definition) is 5. The molecule has 0 unspecified atom stereocenters. The summed E-state index contributed by atoms with van der Waals surface area (Å²) in [6.45, 7) is 1.97. The Balaban J connectivity index is 1.98. The molecule has 4 rings (SSSR count). The molecule has 0 aliphatic rings. The molecule has 0 aliphatic carbocycles. The average Bonchev–Trinajstić information content (AvgIpc) is 3.13. The zero-order valence-corrected chi connectivity index (χ0v) is 15.7. The molecular weight excluding hydrogens is 381 g/mol. The maximum atomic E-state index is 14.4. The fraction of sp³-hybridized carbons (Fsp3) is 0.100. The van der Waals surface area contributed by atoms with Gasteiger partial charge in [0.1, 0.15) is 5.82 Å². The molecule has 1 aromatic heterocycles. The van der Waals surface area contributed by atoms with Crippen LogP contribution in [0.1, 0.15) is 6.92 Å². The Kier molecular flexibility index (Phi) is 4.56. The van der Waals surface area contributed by atoms with E-state index in [1.54, 1.807) is 31.2 Å². The molecule has 0 saturated heterocycles. The first kappa shape index (κ1) is 18.1. The Morgan fingerprint density at radius 1 is 1.00 bits per heavy atom. The molecule has 0 spiro atoms. The number of fused-ring (bicyclic) bond motifs is 1. The lowest BCUT2D eigenvalue weighted by atomic mass is 10.1. The summed E-state index contributed by atoms with van der Waals surface area (Å²) in [5.41, 5.74) is 0.0183. The van der Waals surface area contributed by atoms with Gasteiger partial charge in [0.05, 0.1) is 17.1 Å². The van der Waals surface area contributed by atoms with Crippen molar-refractivity contribution in [3.8, 4) is 17.4 Å². The quantitative estimate of drug-likeness (QED) is 0.511. The Hall–Kier alpha value is -3.26. The van der Waals surface area contributed by atoms with E-state index >= 15 is 0 Å². The van der Waals surface area contributed by atoms with Gasteiger partial charge in [-0.15, -0.1) is 4.09 Å². The van der Waals surface area contributed by atoms with Crippen molar-refractivity contribution in [2.24, 2.45) is 0 Å². The number of halogens is 1. The first-order valence-corrected chi connectivity index (χ1v) is 10.0. The van der Waals surface area contributed by atoms with Crippen molar-refractivity contribution in [3.05, 3.63) is 72.5 Å². The Labute approximate surface area is 161 Å². The van der Waals surface area contributed by atoms with Gasteiger partial charge in [-0.05, 0) is 30.5 Å². The smallest absolute Gasteiger partial charge is 0.337 e. The molecule has 1 heterocycles. The molecule has 6 nitrogen and oxygen atoms in total. The first-order valence-electron chi connectivity index (χ1n) is 8.60. The predicted octanol–water partition coefficient (Wildman–Crippen LogP) is 3.87. The van der Waals surface area contributed by atoms with Gasteiger partial charge in [-0.1, -0.05) is 53.6 Å². The molecule has 142 valence electrons. The van der Waals surface area contributed by atoms with Crippen LogP contribution in [0, 0.1) is 5.82 Å². The minimum absolute atomic E-state index is 0.0183. The molecule has 0 bridgehead atoms. The molecule has 8 heteroatoms. The van der Waals surface area contributed by atoms with Gasteiger partial charge in [-0.2, -0.15) is 13.4 Å². The highest BCUT2D eigenvalue weighted by Gasteiger charge is 2.28. The first-order chi connectivity index (χ1) is 13.5. The Bertz CT molecular complexity index is 1260. The monoisotopic (exact) mass is 397 g/mol. The molecule has 0 N–H and O–H groups in total. The van der Waals surface area contributed by atoms with Gasteiger partial charge in [-0.3, -0.25) is 0 Å². The van der Waals surface area contributed by atoms with Crippen LogP contribution < -0.4 is 4.74 Å². The summed E-state index contributed by atoms with van der Waals surface area (Å²) < 4.78 is 47.3. The zero-order chi connectivity index (χ0) is 19.7. The average molecular weight is 397 g/mol. The van der Waals surface area contributed by atoms with Crippen molar-refractivity contribution in [1.29, 1.82) is 0 Å². The molecule has 0 fully saturated rings. The molecule has 0 radical (unpaired) electrons. The van der Waals surface area contributed by atoms with Gasteiger partial charge < -0.3 is 4.74 Å². The number of benzene rings is 3. The van der Waals surface area contributed by atoms with E-state index in [-0.39, 0.29) is 28.9 Å². The number of aromatic nitrogens is 3. The van der Waals surface area contributed by atoms with E-state index in [2.05, 4.69) is 10.1 Å². The maximum Gasteiger partial charge on any atom is 0.337 e. The standard InChI is InChI=1S/C20H16FN3O3S/c1-2-27-20-22-19(16-11-5-6-12-17(16)21)24(23-20)28(25,26)18-13-7-9-14-8-3-4-10-15(14)18/h3-13H,2H2,1H3. The van der Waals surface area contributed by atoms with Crippen LogP contribution in [-0.2, 0) is 10.0 Å². The van der Waals surface area contributed by atoms with Gasteiger partial charge in [-0.25, -0.2) is 4.39 Å². The van der Waals surface area contributed by atoms with Crippen molar-refractivity contribution in [1.82, 2.24) is 14.2 Å². The maximum absolute atomic E-state index is 14.4. The second-order valence-electron chi connectivity index (χ2n) is 5.96. The Morgan fingerprint density at radius 3 is 2.50 bits per heavy atom. The lowest BCUT2D eigenvalue weighted by molar-refractivity contribution is 0.313. The molecular formula is C20H16FN3O3S. The summed E-state index contributed by atoms with van der Waals surface area (Å²) in [6.07, 6.45) is 0. The van der Waals surface area contributed by atoms with Crippen LogP contribution in [0.5, 0.6) is 6.01 Å². The summed E-state index contributed by atoms with van der Waals surface area (Å²) in [6, 6.07) is 17.7. The SMILES string of the molecule is CCOc1nc(-c2ccccc2F)n(S(=O)(=O)c2cccc3ccccc23)n1. The fourth-order valence-corrected chi connectivity index (χ4v) is 4.40. The zero-order valence-electron chi connectivity index (χ0n) is 14.9. The second-order valence-corrected chi connectivity index (χ2v) is 7.69. The van der Waals surface area contributed by atoms with Crippen molar-refractivity contribution >= 4 is 20.8 Å². The lowest BCUT2D eigenvalue weighted by Crippen LogP contribution is -2.17. The van der Waals surface area contributed by atoms with Crippen LogP contribution in [0.15, 0.2) is 71.6 Å². The highest BCUT2D eigenvalue weighted by Crippen LogP contribution is 2.29. The van der Waals surface area contributed by atoms with E-state index in [1.807, 2.05) is 18.2 Å². The third-order valence-electron chi connectivity index (χ3n) is 4.20. The van der Waals surface area contributed by atoms with Crippen molar-refractivity contribution in [2.75, 3.05) is 6.61 Å². The van der Waals surface area contributed by atoms with Gasteiger partial charge >= 0.3 is 6.01 Å². The van der Waals surface area contributed by atoms with Crippen LogP contribution in [0.2, 0.25) is 0 Å². The van der Waals surface area contributed by atoms with Crippen LogP contribution >= 0.6 is 0 Å². The molecule has 0 amide bonds. The molecule has 0 aliphatic heterocycles. The molecule has 0 atom stereocenters. The fourth-order valence-electron chi connectivity index (χ4n) is 2.96. The normalized spacial score (nSPS) is 11.6. The number of hydrogen-bond donors (Lipinski definition) is 0. The highest BCUT2D eigenvalue weighted by molar-refractivity contribution is 7.90. The van der Waals surface area contributed by atoms with Gasteiger partial charge in [0.25, 0.3) is 10.0 Å². The lowest BCUT2D eigenvalue weighted by Gasteiger charge is -2.10. The predicted molar refractivity (Wildman–Crippen MR) is 103 cm³/mol. The largest absolute Gasteiger partial charge is 0.463 e. The van der Waals surface area contributed by atoms with Crippen LogP contribution in [-0.4, -0.2) is 29.2 Å². The molecule has 28 heavy (non-hydrogen) atoms. The van der Waals surface area contributed by atoms with E-state index in [0.29, 0.717) is 5.39 Å². The van der Waals surface area contributed by atoms with E-state index in [1.165, 1.54) is 24.3 Å². The van der Waals surface area contributed by atoms with Gasteiger partial charge in [0.2, 0.25) is 0 Å².